The zero-order valence-corrected chi connectivity index (χ0v) is 13.4. The van der Waals surface area contributed by atoms with E-state index in [-0.39, 0.29) is 5.91 Å². The summed E-state index contributed by atoms with van der Waals surface area (Å²) in [4.78, 5) is 12.7. The third-order valence-corrected chi connectivity index (χ3v) is 4.87. The Labute approximate surface area is 137 Å². The number of amides is 1. The fraction of sp³-hybridized carbons (Fsp3) is 0.0588. The number of carbonyl (C=O) groups excluding carboxylic acids is 1. The summed E-state index contributed by atoms with van der Waals surface area (Å²) < 4.78 is 0.986. The van der Waals surface area contributed by atoms with Gasteiger partial charge in [-0.25, -0.2) is 5.43 Å². The number of hydrogen-bond donors (Lipinski definition) is 1. The molecule has 2 aromatic carbocycles. The predicted octanol–water partition coefficient (Wildman–Crippen LogP) is 4.63. The summed E-state index contributed by atoms with van der Waals surface area (Å²) >= 11 is 7.63. The van der Waals surface area contributed by atoms with Crippen LogP contribution in [0.25, 0.3) is 10.1 Å². The summed E-state index contributed by atoms with van der Waals surface area (Å²) in [6, 6.07) is 15.5. The van der Waals surface area contributed by atoms with E-state index in [2.05, 4.69) is 10.5 Å². The van der Waals surface area contributed by atoms with Gasteiger partial charge in [0.25, 0.3) is 5.91 Å². The number of nitrogens with zero attached hydrogens (tertiary/aromatic N) is 1. The highest BCUT2D eigenvalue weighted by Gasteiger charge is 2.16. The predicted molar refractivity (Wildman–Crippen MR) is 93.1 cm³/mol. The zero-order chi connectivity index (χ0) is 15.5. The molecule has 1 N–H and O–H groups in total. The fourth-order valence-electron chi connectivity index (χ4n) is 2.03. The number of hydrazone groups is 1. The number of hydrogen-bond acceptors (Lipinski definition) is 3. The summed E-state index contributed by atoms with van der Waals surface area (Å²) in [5.41, 5.74) is 4.62. The number of thiophene rings is 1. The van der Waals surface area contributed by atoms with Crippen LogP contribution in [0.3, 0.4) is 0 Å². The van der Waals surface area contributed by atoms with Gasteiger partial charge in [0, 0.05) is 10.1 Å². The third kappa shape index (κ3) is 3.03. The number of halogens is 1. The molecule has 110 valence electrons. The van der Waals surface area contributed by atoms with Crippen LogP contribution in [-0.4, -0.2) is 12.1 Å². The lowest BCUT2D eigenvalue weighted by molar-refractivity contribution is 0.0959. The van der Waals surface area contributed by atoms with Crippen LogP contribution in [0.1, 0.15) is 20.8 Å². The molecule has 0 aliphatic rings. The van der Waals surface area contributed by atoms with Gasteiger partial charge >= 0.3 is 0 Å². The quantitative estimate of drug-likeness (QED) is 0.553. The maximum atomic E-state index is 12.2. The summed E-state index contributed by atoms with van der Waals surface area (Å²) in [5, 5.41) is 5.35. The minimum Gasteiger partial charge on any atom is -0.266 e. The molecule has 0 saturated carbocycles. The van der Waals surface area contributed by atoms with Crippen molar-refractivity contribution < 1.29 is 4.79 Å². The second kappa shape index (κ2) is 6.30. The Balaban J connectivity index is 1.76. The molecule has 5 heteroatoms. The van der Waals surface area contributed by atoms with E-state index in [0.29, 0.717) is 9.90 Å². The molecule has 0 fully saturated rings. The number of benzene rings is 2. The van der Waals surface area contributed by atoms with Gasteiger partial charge in [-0.15, -0.1) is 11.3 Å². The molecule has 3 rings (SSSR count). The van der Waals surface area contributed by atoms with Gasteiger partial charge < -0.3 is 0 Å². The van der Waals surface area contributed by atoms with E-state index in [1.54, 1.807) is 6.21 Å². The van der Waals surface area contributed by atoms with Crippen molar-refractivity contribution >= 4 is 45.1 Å². The smallest absolute Gasteiger partial charge is 0.266 e. The third-order valence-electron chi connectivity index (χ3n) is 3.20. The van der Waals surface area contributed by atoms with Crippen molar-refractivity contribution in [3.8, 4) is 0 Å². The second-order valence-electron chi connectivity index (χ2n) is 4.85. The zero-order valence-electron chi connectivity index (χ0n) is 11.8. The standard InChI is InChI=1S/C17H13ClN2OS/c1-11-6-8-12(9-7-11)10-19-20-17(21)16-15(18)13-4-2-3-5-14(13)22-16/h2-10H,1H3,(H,20,21)/b19-10+. The second-order valence-corrected chi connectivity index (χ2v) is 6.28. The average molecular weight is 329 g/mol. The van der Waals surface area contributed by atoms with Crippen molar-refractivity contribution in [2.45, 2.75) is 6.92 Å². The van der Waals surface area contributed by atoms with Crippen molar-refractivity contribution in [3.05, 3.63) is 69.6 Å². The van der Waals surface area contributed by atoms with Crippen molar-refractivity contribution in [3.63, 3.8) is 0 Å². The van der Waals surface area contributed by atoms with Crippen LogP contribution < -0.4 is 5.43 Å². The molecule has 1 heterocycles. The van der Waals surface area contributed by atoms with E-state index in [4.69, 9.17) is 11.6 Å². The molecular weight excluding hydrogens is 316 g/mol. The minimum absolute atomic E-state index is 0.297. The Morgan fingerprint density at radius 2 is 1.91 bits per heavy atom. The molecule has 0 saturated heterocycles. The first-order chi connectivity index (χ1) is 10.6. The van der Waals surface area contributed by atoms with Gasteiger partial charge in [0.2, 0.25) is 0 Å². The Morgan fingerprint density at radius 3 is 2.64 bits per heavy atom. The number of nitrogens with one attached hydrogen (secondary N) is 1. The normalized spacial score (nSPS) is 11.2. The molecule has 1 amide bonds. The molecule has 3 aromatic rings. The van der Waals surface area contributed by atoms with Crippen LogP contribution in [0.2, 0.25) is 5.02 Å². The van der Waals surface area contributed by atoms with Crippen LogP contribution in [0.5, 0.6) is 0 Å². The van der Waals surface area contributed by atoms with Gasteiger partial charge in [-0.3, -0.25) is 4.79 Å². The average Bonchev–Trinajstić information content (AvgIpc) is 2.87. The monoisotopic (exact) mass is 328 g/mol. The summed E-state index contributed by atoms with van der Waals surface area (Å²) in [6.45, 7) is 2.02. The van der Waals surface area contributed by atoms with E-state index in [1.165, 1.54) is 16.9 Å². The van der Waals surface area contributed by atoms with E-state index < -0.39 is 0 Å². The molecule has 0 unspecified atom stereocenters. The number of carbonyl (C=O) groups is 1. The van der Waals surface area contributed by atoms with Gasteiger partial charge in [-0.2, -0.15) is 5.10 Å². The Hall–Kier alpha value is -2.17. The largest absolute Gasteiger partial charge is 0.283 e. The van der Waals surface area contributed by atoms with E-state index >= 15 is 0 Å². The summed E-state index contributed by atoms with van der Waals surface area (Å²) in [6.07, 6.45) is 1.61. The highest BCUT2D eigenvalue weighted by molar-refractivity contribution is 7.21. The number of aryl methyl sites for hydroxylation is 1. The minimum atomic E-state index is -0.297. The summed E-state index contributed by atoms with van der Waals surface area (Å²) in [7, 11) is 0. The van der Waals surface area contributed by atoms with Crippen molar-refractivity contribution in [1.29, 1.82) is 0 Å². The van der Waals surface area contributed by atoms with Crippen LogP contribution in [0.15, 0.2) is 53.6 Å². The van der Waals surface area contributed by atoms with E-state index in [1.807, 2.05) is 55.5 Å². The van der Waals surface area contributed by atoms with E-state index in [9.17, 15) is 4.79 Å². The fourth-order valence-corrected chi connectivity index (χ4v) is 3.44. The molecule has 0 aliphatic carbocycles. The van der Waals surface area contributed by atoms with Gasteiger partial charge in [0.1, 0.15) is 4.88 Å². The highest BCUT2D eigenvalue weighted by atomic mass is 35.5. The molecule has 0 bridgehead atoms. The van der Waals surface area contributed by atoms with Gasteiger partial charge in [0.05, 0.1) is 11.2 Å². The van der Waals surface area contributed by atoms with Crippen LogP contribution in [-0.2, 0) is 0 Å². The first-order valence-electron chi connectivity index (χ1n) is 6.72. The van der Waals surface area contributed by atoms with Crippen LogP contribution in [0, 0.1) is 6.92 Å². The lowest BCUT2D eigenvalue weighted by Gasteiger charge is -1.98. The Morgan fingerprint density at radius 1 is 1.18 bits per heavy atom. The van der Waals surface area contributed by atoms with Crippen LogP contribution >= 0.6 is 22.9 Å². The maximum absolute atomic E-state index is 12.2. The lowest BCUT2D eigenvalue weighted by atomic mass is 10.2. The molecule has 0 radical (unpaired) electrons. The highest BCUT2D eigenvalue weighted by Crippen LogP contribution is 2.34. The molecule has 1 aromatic heterocycles. The summed E-state index contributed by atoms with van der Waals surface area (Å²) in [5.74, 6) is -0.297. The number of fused-ring (bicyclic) bond motifs is 1. The molecule has 3 nitrogen and oxygen atoms in total. The Bertz CT molecular complexity index is 853. The molecular formula is C17H13ClN2OS. The topological polar surface area (TPSA) is 41.5 Å². The van der Waals surface area contributed by atoms with Crippen molar-refractivity contribution in [1.82, 2.24) is 5.43 Å². The van der Waals surface area contributed by atoms with Gasteiger partial charge in [-0.1, -0.05) is 59.6 Å². The maximum Gasteiger partial charge on any atom is 0.283 e. The lowest BCUT2D eigenvalue weighted by Crippen LogP contribution is -2.16. The molecule has 0 spiro atoms. The van der Waals surface area contributed by atoms with Gasteiger partial charge in [-0.05, 0) is 18.6 Å². The van der Waals surface area contributed by atoms with E-state index in [0.717, 1.165) is 15.6 Å². The first kappa shape index (κ1) is 14.8. The molecule has 0 atom stereocenters. The Kier molecular flexibility index (Phi) is 4.22. The number of rotatable bonds is 3. The SMILES string of the molecule is Cc1ccc(/C=N/NC(=O)c2sc3ccccc3c2Cl)cc1. The van der Waals surface area contributed by atoms with Crippen molar-refractivity contribution in [2.24, 2.45) is 5.10 Å². The van der Waals surface area contributed by atoms with Crippen LogP contribution in [0.4, 0.5) is 0 Å². The van der Waals surface area contributed by atoms with Crippen molar-refractivity contribution in [2.75, 3.05) is 0 Å². The molecule has 22 heavy (non-hydrogen) atoms. The van der Waals surface area contributed by atoms with Gasteiger partial charge in [0.15, 0.2) is 0 Å². The first-order valence-corrected chi connectivity index (χ1v) is 7.92. The molecule has 0 aliphatic heterocycles.